The van der Waals surface area contributed by atoms with Crippen LogP contribution in [-0.4, -0.2) is 17.8 Å². The van der Waals surface area contributed by atoms with Crippen molar-refractivity contribution < 1.29 is 4.74 Å². The highest BCUT2D eigenvalue weighted by molar-refractivity contribution is 7.80. The van der Waals surface area contributed by atoms with E-state index in [0.29, 0.717) is 16.7 Å². The Balaban J connectivity index is 1.80. The molecule has 0 heterocycles. The van der Waals surface area contributed by atoms with E-state index in [9.17, 15) is 0 Å². The van der Waals surface area contributed by atoms with Gasteiger partial charge in [-0.3, -0.25) is 0 Å². The Hall–Kier alpha value is -1.78. The van der Waals surface area contributed by atoms with Gasteiger partial charge < -0.3 is 15.4 Å². The minimum Gasteiger partial charge on any atom is -0.491 e. The Bertz CT molecular complexity index is 690. The van der Waals surface area contributed by atoms with Gasteiger partial charge in [-0.25, -0.2) is 0 Å². The molecular weight excluding hydrogens is 328 g/mol. The van der Waals surface area contributed by atoms with Crippen LogP contribution in [0.3, 0.4) is 0 Å². The minimum atomic E-state index is 0.0794. The van der Waals surface area contributed by atoms with E-state index in [0.717, 1.165) is 11.4 Å². The maximum Gasteiger partial charge on any atom is 0.171 e. The number of hydrogen-bond acceptors (Lipinski definition) is 2. The summed E-state index contributed by atoms with van der Waals surface area (Å²) in [6.45, 7) is 6.71. The van der Waals surface area contributed by atoms with Gasteiger partial charge in [0.15, 0.2) is 5.11 Å². The van der Waals surface area contributed by atoms with Crippen molar-refractivity contribution in [3.63, 3.8) is 0 Å². The van der Waals surface area contributed by atoms with Crippen molar-refractivity contribution in [2.45, 2.75) is 26.8 Å². The van der Waals surface area contributed by atoms with E-state index in [-0.39, 0.29) is 6.04 Å². The van der Waals surface area contributed by atoms with Crippen LogP contribution in [0.4, 0.5) is 5.69 Å². The minimum absolute atomic E-state index is 0.0794. The Morgan fingerprint density at radius 3 is 2.65 bits per heavy atom. The third kappa shape index (κ3) is 5.73. The zero-order valence-electron chi connectivity index (χ0n) is 13.5. The second-order valence-corrected chi connectivity index (χ2v) is 6.41. The molecule has 1 atom stereocenters. The van der Waals surface area contributed by atoms with E-state index in [1.54, 1.807) is 0 Å². The van der Waals surface area contributed by atoms with E-state index in [2.05, 4.69) is 30.5 Å². The van der Waals surface area contributed by atoms with Crippen molar-refractivity contribution in [2.75, 3.05) is 11.9 Å². The van der Waals surface area contributed by atoms with Crippen LogP contribution in [-0.2, 0) is 0 Å². The Labute approximate surface area is 148 Å². The molecule has 0 amide bonds. The van der Waals surface area contributed by atoms with Crippen LogP contribution in [0.25, 0.3) is 0 Å². The number of anilines is 1. The average Bonchev–Trinajstić information content (AvgIpc) is 2.48. The Kier molecular flexibility index (Phi) is 6.25. The van der Waals surface area contributed by atoms with Crippen molar-refractivity contribution >= 4 is 34.6 Å². The van der Waals surface area contributed by atoms with Gasteiger partial charge in [-0.05, 0) is 74.4 Å². The van der Waals surface area contributed by atoms with E-state index < -0.39 is 0 Å². The smallest absolute Gasteiger partial charge is 0.171 e. The molecule has 0 aliphatic rings. The number of thiocarbonyl (C=S) groups is 1. The highest BCUT2D eigenvalue weighted by Crippen LogP contribution is 2.17. The first-order chi connectivity index (χ1) is 10.9. The van der Waals surface area contributed by atoms with Crippen LogP contribution in [0.1, 0.15) is 18.1 Å². The van der Waals surface area contributed by atoms with Gasteiger partial charge in [0, 0.05) is 10.7 Å². The summed E-state index contributed by atoms with van der Waals surface area (Å²) in [6.07, 6.45) is 0. The second-order valence-electron chi connectivity index (χ2n) is 5.57. The van der Waals surface area contributed by atoms with Gasteiger partial charge in [-0.15, -0.1) is 0 Å². The standard InChI is InChI=1S/C18H21ClN2OS/c1-12-7-8-17(9-13(12)2)22-11-14(3)20-18(23)21-16-6-4-5-15(19)10-16/h4-10,14H,11H2,1-3H3,(H2,20,21,23)/t14-/m0/s1. The maximum atomic E-state index is 5.95. The molecule has 23 heavy (non-hydrogen) atoms. The van der Waals surface area contributed by atoms with Crippen molar-refractivity contribution in [3.05, 3.63) is 58.6 Å². The fraction of sp³-hybridized carbons (Fsp3) is 0.278. The number of nitrogens with one attached hydrogen (secondary N) is 2. The van der Waals surface area contributed by atoms with Crippen LogP contribution >= 0.6 is 23.8 Å². The van der Waals surface area contributed by atoms with Gasteiger partial charge >= 0.3 is 0 Å². The zero-order chi connectivity index (χ0) is 16.8. The van der Waals surface area contributed by atoms with Crippen molar-refractivity contribution in [2.24, 2.45) is 0 Å². The summed E-state index contributed by atoms with van der Waals surface area (Å²) in [6, 6.07) is 13.6. The lowest BCUT2D eigenvalue weighted by molar-refractivity contribution is 0.287. The molecular formula is C18H21ClN2OS. The Morgan fingerprint density at radius 1 is 1.17 bits per heavy atom. The van der Waals surface area contributed by atoms with Crippen molar-refractivity contribution in [3.8, 4) is 5.75 Å². The van der Waals surface area contributed by atoms with Crippen LogP contribution < -0.4 is 15.4 Å². The molecule has 0 saturated heterocycles. The van der Waals surface area contributed by atoms with Gasteiger partial charge in [0.05, 0.1) is 6.04 Å². The largest absolute Gasteiger partial charge is 0.491 e. The summed E-state index contributed by atoms with van der Waals surface area (Å²) >= 11 is 11.3. The molecule has 0 unspecified atom stereocenters. The van der Waals surface area contributed by atoms with Gasteiger partial charge in [0.25, 0.3) is 0 Å². The maximum absolute atomic E-state index is 5.95. The molecule has 0 spiro atoms. The SMILES string of the molecule is Cc1ccc(OC[C@H](C)NC(=S)Nc2cccc(Cl)c2)cc1C. The van der Waals surface area contributed by atoms with Gasteiger partial charge in [-0.1, -0.05) is 23.7 Å². The number of aryl methyl sites for hydroxylation is 2. The van der Waals surface area contributed by atoms with E-state index in [1.165, 1.54) is 11.1 Å². The van der Waals surface area contributed by atoms with Crippen LogP contribution in [0.2, 0.25) is 5.02 Å². The fourth-order valence-electron chi connectivity index (χ4n) is 2.02. The third-order valence-electron chi connectivity index (χ3n) is 3.44. The van der Waals surface area contributed by atoms with Crippen LogP contribution in [0.15, 0.2) is 42.5 Å². The molecule has 0 fully saturated rings. The molecule has 0 aliphatic carbocycles. The lowest BCUT2D eigenvalue weighted by atomic mass is 10.1. The van der Waals surface area contributed by atoms with E-state index >= 15 is 0 Å². The molecule has 2 rings (SSSR count). The first kappa shape index (κ1) is 17.6. The topological polar surface area (TPSA) is 33.3 Å². The van der Waals surface area contributed by atoms with E-state index in [1.807, 2.05) is 43.3 Å². The van der Waals surface area contributed by atoms with Gasteiger partial charge in [-0.2, -0.15) is 0 Å². The number of ether oxygens (including phenoxy) is 1. The molecule has 0 aromatic heterocycles. The fourth-order valence-corrected chi connectivity index (χ4v) is 2.53. The third-order valence-corrected chi connectivity index (χ3v) is 3.89. The monoisotopic (exact) mass is 348 g/mol. The summed E-state index contributed by atoms with van der Waals surface area (Å²) in [5.74, 6) is 0.871. The summed E-state index contributed by atoms with van der Waals surface area (Å²) in [7, 11) is 0. The highest BCUT2D eigenvalue weighted by Gasteiger charge is 2.06. The number of halogens is 1. The normalized spacial score (nSPS) is 11.7. The number of benzene rings is 2. The quantitative estimate of drug-likeness (QED) is 0.766. The second kappa shape index (κ2) is 8.18. The number of rotatable bonds is 5. The first-order valence-corrected chi connectivity index (χ1v) is 8.26. The zero-order valence-corrected chi connectivity index (χ0v) is 15.1. The van der Waals surface area contributed by atoms with Crippen molar-refractivity contribution in [1.29, 1.82) is 0 Å². The Morgan fingerprint density at radius 2 is 1.96 bits per heavy atom. The summed E-state index contributed by atoms with van der Waals surface area (Å²) < 4.78 is 5.80. The molecule has 2 aromatic carbocycles. The van der Waals surface area contributed by atoms with Gasteiger partial charge in [0.1, 0.15) is 12.4 Å². The predicted molar refractivity (Wildman–Crippen MR) is 102 cm³/mol. The van der Waals surface area contributed by atoms with E-state index in [4.69, 9.17) is 28.6 Å². The summed E-state index contributed by atoms with van der Waals surface area (Å²) in [4.78, 5) is 0. The molecule has 0 aliphatic heterocycles. The molecule has 3 nitrogen and oxygen atoms in total. The van der Waals surface area contributed by atoms with Crippen LogP contribution in [0, 0.1) is 13.8 Å². The average molecular weight is 349 g/mol. The van der Waals surface area contributed by atoms with Gasteiger partial charge in [0.2, 0.25) is 0 Å². The lowest BCUT2D eigenvalue weighted by Crippen LogP contribution is -2.39. The summed E-state index contributed by atoms with van der Waals surface area (Å²) in [5, 5.41) is 7.52. The molecule has 0 saturated carbocycles. The molecule has 2 aromatic rings. The molecule has 0 bridgehead atoms. The molecule has 2 N–H and O–H groups in total. The molecule has 122 valence electrons. The van der Waals surface area contributed by atoms with Crippen LogP contribution in [0.5, 0.6) is 5.75 Å². The lowest BCUT2D eigenvalue weighted by Gasteiger charge is -2.18. The van der Waals surface area contributed by atoms with Crippen molar-refractivity contribution in [1.82, 2.24) is 5.32 Å². The number of hydrogen-bond donors (Lipinski definition) is 2. The molecule has 0 radical (unpaired) electrons. The summed E-state index contributed by atoms with van der Waals surface area (Å²) in [5.41, 5.74) is 3.34. The highest BCUT2D eigenvalue weighted by atomic mass is 35.5. The first-order valence-electron chi connectivity index (χ1n) is 7.47. The predicted octanol–water partition coefficient (Wildman–Crippen LogP) is 4.71. The molecule has 5 heteroatoms.